The Labute approximate surface area is 219 Å². The molecule has 1 aliphatic heterocycles. The van der Waals surface area contributed by atoms with Gasteiger partial charge in [-0.1, -0.05) is 30.3 Å². The highest BCUT2D eigenvalue weighted by atomic mass is 16.7. The number of hydrogen-bond donors (Lipinski definition) is 1. The van der Waals surface area contributed by atoms with Crippen LogP contribution in [0.4, 0.5) is 0 Å². The third-order valence-corrected chi connectivity index (χ3v) is 6.21. The Morgan fingerprint density at radius 1 is 1.00 bits per heavy atom. The summed E-state index contributed by atoms with van der Waals surface area (Å²) in [4.78, 5) is 16.9. The zero-order valence-electron chi connectivity index (χ0n) is 21.9. The van der Waals surface area contributed by atoms with Crippen LogP contribution in [0, 0.1) is 0 Å². The maximum absolute atomic E-state index is 12.8. The van der Waals surface area contributed by atoms with E-state index in [1.54, 1.807) is 45.6 Å². The monoisotopic (exact) mass is 514 g/mol. The topological polar surface area (TPSA) is 89.9 Å². The molecule has 37 heavy (non-hydrogen) atoms. The minimum atomic E-state index is -0.474. The predicted octanol–water partition coefficient (Wildman–Crippen LogP) is 2.98. The lowest BCUT2D eigenvalue weighted by Crippen LogP contribution is -2.48. The fourth-order valence-corrected chi connectivity index (χ4v) is 4.05. The van der Waals surface area contributed by atoms with E-state index in [0.29, 0.717) is 50.0 Å². The zero-order chi connectivity index (χ0) is 26.5. The van der Waals surface area contributed by atoms with E-state index >= 15 is 0 Å². The molecule has 1 aliphatic rings. The highest BCUT2D eigenvalue weighted by molar-refractivity contribution is 5.92. The molecule has 1 unspecified atom stereocenters. The maximum Gasteiger partial charge on any atom is 0.246 e. The number of piperazine rings is 1. The van der Waals surface area contributed by atoms with Gasteiger partial charge in [0.25, 0.3) is 0 Å². The van der Waals surface area contributed by atoms with Crippen LogP contribution in [0.2, 0.25) is 0 Å². The summed E-state index contributed by atoms with van der Waals surface area (Å²) in [5, 5.41) is 10.4. The van der Waals surface area contributed by atoms with Gasteiger partial charge in [-0.15, -0.1) is 0 Å². The fourth-order valence-electron chi connectivity index (χ4n) is 4.05. The molecule has 9 nitrogen and oxygen atoms in total. The molecule has 9 heteroatoms. The molecule has 1 fully saturated rings. The lowest BCUT2D eigenvalue weighted by atomic mass is 10.1. The molecule has 1 saturated heterocycles. The summed E-state index contributed by atoms with van der Waals surface area (Å²) in [5.74, 6) is 1.34. The van der Waals surface area contributed by atoms with Crippen molar-refractivity contribution in [1.82, 2.24) is 9.80 Å². The van der Waals surface area contributed by atoms with Crippen LogP contribution in [0.15, 0.2) is 48.5 Å². The van der Waals surface area contributed by atoms with Gasteiger partial charge in [0, 0.05) is 45.9 Å². The van der Waals surface area contributed by atoms with E-state index in [1.165, 1.54) is 0 Å². The molecule has 2 aromatic rings. The highest BCUT2D eigenvalue weighted by Gasteiger charge is 2.21. The van der Waals surface area contributed by atoms with Crippen LogP contribution in [-0.2, 0) is 14.3 Å². The number of hydrogen-bond acceptors (Lipinski definition) is 8. The standard InChI is InChI=1S/C28H38N2O7/c1-33-17-18-36-21-37-28-25(34-2)19-22(20-26(28)35-3)9-10-27(32)30-15-13-29(14-16-30)12-11-24(31)23-7-5-4-6-8-23/h4-10,19-20,24,31H,11-18,21H2,1-3H3. The molecule has 1 heterocycles. The summed E-state index contributed by atoms with van der Waals surface area (Å²) in [6, 6.07) is 13.3. The van der Waals surface area contributed by atoms with E-state index in [4.69, 9.17) is 23.7 Å². The first-order chi connectivity index (χ1) is 18.0. The van der Waals surface area contributed by atoms with Crippen molar-refractivity contribution in [3.63, 3.8) is 0 Å². The van der Waals surface area contributed by atoms with Gasteiger partial charge in [0.2, 0.25) is 11.7 Å². The van der Waals surface area contributed by atoms with Gasteiger partial charge < -0.3 is 33.7 Å². The molecule has 1 atom stereocenters. The number of nitrogens with zero attached hydrogens (tertiary/aromatic N) is 2. The smallest absolute Gasteiger partial charge is 0.246 e. The van der Waals surface area contributed by atoms with Crippen molar-refractivity contribution < 1.29 is 33.6 Å². The van der Waals surface area contributed by atoms with Gasteiger partial charge in [0.15, 0.2) is 18.3 Å². The van der Waals surface area contributed by atoms with E-state index in [0.717, 1.165) is 30.8 Å². The lowest BCUT2D eigenvalue weighted by molar-refractivity contribution is -0.127. The van der Waals surface area contributed by atoms with Crippen LogP contribution in [0.3, 0.4) is 0 Å². The summed E-state index contributed by atoms with van der Waals surface area (Å²) in [6.45, 7) is 4.55. The van der Waals surface area contributed by atoms with Crippen molar-refractivity contribution >= 4 is 12.0 Å². The number of aliphatic hydroxyl groups is 1. The van der Waals surface area contributed by atoms with Crippen molar-refractivity contribution in [2.75, 3.05) is 74.1 Å². The molecule has 0 aliphatic carbocycles. The quantitative estimate of drug-likeness (QED) is 0.234. The largest absolute Gasteiger partial charge is 0.493 e. The molecule has 0 radical (unpaired) electrons. The number of amides is 1. The number of carbonyl (C=O) groups is 1. The molecular formula is C28H38N2O7. The molecule has 202 valence electrons. The second-order valence-electron chi connectivity index (χ2n) is 8.63. The van der Waals surface area contributed by atoms with Crippen LogP contribution in [0.1, 0.15) is 23.7 Å². The Morgan fingerprint density at radius 2 is 1.68 bits per heavy atom. The average Bonchev–Trinajstić information content (AvgIpc) is 2.95. The van der Waals surface area contributed by atoms with Crippen LogP contribution < -0.4 is 14.2 Å². The predicted molar refractivity (Wildman–Crippen MR) is 141 cm³/mol. The SMILES string of the molecule is COCCOCOc1c(OC)cc(C=CC(=O)N2CCN(CCC(O)c3ccccc3)CC2)cc1OC. The summed E-state index contributed by atoms with van der Waals surface area (Å²) in [6.07, 6.45) is 3.50. The van der Waals surface area contributed by atoms with E-state index in [2.05, 4.69) is 4.90 Å². The van der Waals surface area contributed by atoms with Crippen molar-refractivity contribution in [1.29, 1.82) is 0 Å². The minimum absolute atomic E-state index is 0.0287. The third-order valence-electron chi connectivity index (χ3n) is 6.21. The van der Waals surface area contributed by atoms with Crippen LogP contribution in [-0.4, -0.2) is 94.9 Å². The number of rotatable bonds is 14. The van der Waals surface area contributed by atoms with Gasteiger partial charge >= 0.3 is 0 Å². The summed E-state index contributed by atoms with van der Waals surface area (Å²) >= 11 is 0. The Kier molecular flexibility index (Phi) is 11.7. The van der Waals surface area contributed by atoms with Gasteiger partial charge in [-0.3, -0.25) is 9.69 Å². The number of ether oxygens (including phenoxy) is 5. The normalized spacial score (nSPS) is 15.1. The van der Waals surface area contributed by atoms with E-state index in [-0.39, 0.29) is 12.7 Å². The van der Waals surface area contributed by atoms with Crippen LogP contribution in [0.5, 0.6) is 17.2 Å². The summed E-state index contributed by atoms with van der Waals surface area (Å²) < 4.78 is 27.0. The second-order valence-corrected chi connectivity index (χ2v) is 8.63. The molecule has 0 spiro atoms. The summed E-state index contributed by atoms with van der Waals surface area (Å²) in [7, 11) is 4.70. The number of methoxy groups -OCH3 is 3. The van der Waals surface area contributed by atoms with Crippen molar-refractivity contribution in [2.45, 2.75) is 12.5 Å². The molecule has 1 amide bonds. The first kappa shape index (κ1) is 28.5. The first-order valence-corrected chi connectivity index (χ1v) is 12.4. The lowest BCUT2D eigenvalue weighted by Gasteiger charge is -2.34. The second kappa shape index (κ2) is 15.2. The highest BCUT2D eigenvalue weighted by Crippen LogP contribution is 2.39. The maximum atomic E-state index is 12.8. The van der Waals surface area contributed by atoms with Crippen molar-refractivity contribution in [2.24, 2.45) is 0 Å². The summed E-state index contributed by atoms with van der Waals surface area (Å²) in [5.41, 5.74) is 1.69. The van der Waals surface area contributed by atoms with E-state index in [1.807, 2.05) is 35.2 Å². The van der Waals surface area contributed by atoms with Gasteiger partial charge in [0.1, 0.15) is 0 Å². The van der Waals surface area contributed by atoms with Gasteiger partial charge in [-0.2, -0.15) is 0 Å². The fraction of sp³-hybridized carbons (Fsp3) is 0.464. The number of carbonyl (C=O) groups excluding carboxylic acids is 1. The molecular weight excluding hydrogens is 476 g/mol. The Bertz CT molecular complexity index is 966. The first-order valence-electron chi connectivity index (χ1n) is 12.4. The Hall–Kier alpha value is -3.11. The van der Waals surface area contributed by atoms with Gasteiger partial charge in [-0.05, 0) is 35.8 Å². The van der Waals surface area contributed by atoms with Crippen LogP contribution in [0.25, 0.3) is 6.08 Å². The number of benzene rings is 2. The van der Waals surface area contributed by atoms with Gasteiger partial charge in [0.05, 0.1) is 33.5 Å². The third kappa shape index (κ3) is 8.75. The van der Waals surface area contributed by atoms with Crippen molar-refractivity contribution in [3.05, 3.63) is 59.7 Å². The minimum Gasteiger partial charge on any atom is -0.493 e. The zero-order valence-corrected chi connectivity index (χ0v) is 21.9. The molecule has 1 N–H and O–H groups in total. The molecule has 0 bridgehead atoms. The molecule has 0 saturated carbocycles. The average molecular weight is 515 g/mol. The molecule has 3 rings (SSSR count). The molecule has 2 aromatic carbocycles. The van der Waals surface area contributed by atoms with E-state index < -0.39 is 6.10 Å². The Morgan fingerprint density at radius 3 is 2.30 bits per heavy atom. The van der Waals surface area contributed by atoms with Crippen LogP contribution >= 0.6 is 0 Å². The van der Waals surface area contributed by atoms with E-state index in [9.17, 15) is 9.90 Å². The van der Waals surface area contributed by atoms with Crippen molar-refractivity contribution in [3.8, 4) is 17.2 Å². The van der Waals surface area contributed by atoms with Gasteiger partial charge in [-0.25, -0.2) is 0 Å². The Balaban J connectivity index is 1.50. The number of aliphatic hydroxyl groups excluding tert-OH is 1. The molecule has 0 aromatic heterocycles.